The highest BCUT2D eigenvalue weighted by molar-refractivity contribution is 7.46. The molecule has 50 heavy (non-hydrogen) atoms. The van der Waals surface area contributed by atoms with Crippen molar-refractivity contribution in [1.82, 2.24) is 0 Å². The molecule has 0 amide bonds. The van der Waals surface area contributed by atoms with Gasteiger partial charge in [-0.3, -0.25) is 14.1 Å². The maximum absolute atomic E-state index is 12.4. The number of esters is 2. The van der Waals surface area contributed by atoms with Crippen molar-refractivity contribution in [3.63, 3.8) is 0 Å². The van der Waals surface area contributed by atoms with E-state index in [0.29, 0.717) is 12.8 Å². The van der Waals surface area contributed by atoms with Crippen molar-refractivity contribution in [3.05, 3.63) is 60.8 Å². The molecule has 0 aromatic carbocycles. The molecular weight excluding hydrogens is 651 g/mol. The largest absolute Gasteiger partial charge is 0.469 e. The predicted octanol–water partition coefficient (Wildman–Crippen LogP) is 11.7. The molecule has 0 rings (SSSR count). The van der Waals surface area contributed by atoms with Gasteiger partial charge in [0.1, 0.15) is 6.61 Å². The number of rotatable bonds is 35. The molecule has 0 saturated carbocycles. The minimum Gasteiger partial charge on any atom is -0.462 e. The van der Waals surface area contributed by atoms with Gasteiger partial charge in [0.2, 0.25) is 0 Å². The third-order valence-electron chi connectivity index (χ3n) is 8.02. The van der Waals surface area contributed by atoms with Gasteiger partial charge < -0.3 is 19.3 Å². The lowest BCUT2D eigenvalue weighted by molar-refractivity contribution is -0.161. The number of phosphoric acid groups is 1. The molecule has 0 heterocycles. The SMILES string of the molecule is CC/C=C\C/C=C\C/C=C\CCCCCCCC(=O)OC[C@H](COP(=O)(O)O)OC(=O)CCCCCCCCC/C=C\C/C=C\CCCCC. The van der Waals surface area contributed by atoms with Gasteiger partial charge in [0.15, 0.2) is 6.10 Å². The second kappa shape index (κ2) is 36.5. The monoisotopic (exact) mass is 722 g/mol. The highest BCUT2D eigenvalue weighted by Crippen LogP contribution is 2.36. The number of hydrogen-bond acceptors (Lipinski definition) is 6. The summed E-state index contributed by atoms with van der Waals surface area (Å²) in [5.74, 6) is -0.918. The van der Waals surface area contributed by atoms with Gasteiger partial charge >= 0.3 is 19.8 Å². The Morgan fingerprint density at radius 2 is 0.960 bits per heavy atom. The number of unbranched alkanes of at least 4 members (excludes halogenated alkanes) is 15. The standard InChI is InChI=1S/C41H71O8P/c1-3-5-7-9-11-13-15-17-19-20-22-24-26-28-30-32-34-36-41(43)49-39(38-48-50(44,45)46)37-47-40(42)35-33-31-29-27-25-23-21-18-16-14-12-10-8-6-4-2/h6,8,11-14,17-19,21,39H,3-5,7,9-10,15-16,20,22-38H2,1-2H3,(H2,44,45,46)/b8-6-,13-11-,14-12-,19-17-,21-18-/t39-/m1/s1. The van der Waals surface area contributed by atoms with E-state index in [9.17, 15) is 14.2 Å². The smallest absolute Gasteiger partial charge is 0.462 e. The van der Waals surface area contributed by atoms with Crippen LogP contribution in [0.4, 0.5) is 0 Å². The zero-order chi connectivity index (χ0) is 36.8. The molecule has 0 bridgehead atoms. The van der Waals surface area contributed by atoms with E-state index in [1.165, 1.54) is 44.9 Å². The topological polar surface area (TPSA) is 119 Å². The average molecular weight is 723 g/mol. The summed E-state index contributed by atoms with van der Waals surface area (Å²) >= 11 is 0. The normalized spacial score (nSPS) is 13.1. The number of carbonyl (C=O) groups is 2. The summed E-state index contributed by atoms with van der Waals surface area (Å²) in [6.45, 7) is 3.51. The maximum atomic E-state index is 12.4. The van der Waals surface area contributed by atoms with E-state index in [4.69, 9.17) is 19.3 Å². The first kappa shape index (κ1) is 47.8. The summed E-state index contributed by atoms with van der Waals surface area (Å²) in [6, 6.07) is 0. The van der Waals surface area contributed by atoms with Crippen molar-refractivity contribution in [2.75, 3.05) is 13.2 Å². The van der Waals surface area contributed by atoms with Crippen molar-refractivity contribution in [2.45, 2.75) is 174 Å². The minimum absolute atomic E-state index is 0.196. The molecule has 0 unspecified atom stereocenters. The Morgan fingerprint density at radius 1 is 0.540 bits per heavy atom. The molecule has 9 heteroatoms. The van der Waals surface area contributed by atoms with E-state index in [-0.39, 0.29) is 19.4 Å². The highest BCUT2D eigenvalue weighted by atomic mass is 31.2. The molecule has 1 atom stereocenters. The zero-order valence-corrected chi connectivity index (χ0v) is 32.4. The van der Waals surface area contributed by atoms with Crippen LogP contribution in [0, 0.1) is 0 Å². The predicted molar refractivity (Wildman–Crippen MR) is 207 cm³/mol. The molecule has 0 aliphatic carbocycles. The fraction of sp³-hybridized carbons (Fsp3) is 0.707. The summed E-state index contributed by atoms with van der Waals surface area (Å²) < 4.78 is 26.3. The number of hydrogen-bond donors (Lipinski definition) is 2. The fourth-order valence-electron chi connectivity index (χ4n) is 5.12. The van der Waals surface area contributed by atoms with Gasteiger partial charge in [-0.25, -0.2) is 4.57 Å². The van der Waals surface area contributed by atoms with Crippen LogP contribution in [0.2, 0.25) is 0 Å². The average Bonchev–Trinajstić information content (AvgIpc) is 3.08. The number of ether oxygens (including phenoxy) is 2. The van der Waals surface area contributed by atoms with E-state index >= 15 is 0 Å². The van der Waals surface area contributed by atoms with E-state index in [1.807, 2.05) is 0 Å². The van der Waals surface area contributed by atoms with Gasteiger partial charge in [0.25, 0.3) is 0 Å². The molecule has 288 valence electrons. The molecule has 2 N–H and O–H groups in total. The van der Waals surface area contributed by atoms with Crippen LogP contribution in [-0.2, 0) is 28.2 Å². The lowest BCUT2D eigenvalue weighted by Gasteiger charge is -2.18. The van der Waals surface area contributed by atoms with Crippen LogP contribution >= 0.6 is 7.82 Å². The van der Waals surface area contributed by atoms with Crippen molar-refractivity contribution in [3.8, 4) is 0 Å². The van der Waals surface area contributed by atoms with E-state index in [0.717, 1.165) is 83.5 Å². The van der Waals surface area contributed by atoms with E-state index in [2.05, 4.69) is 79.1 Å². The summed E-state index contributed by atoms with van der Waals surface area (Å²) in [4.78, 5) is 42.8. The van der Waals surface area contributed by atoms with Gasteiger partial charge in [-0.1, -0.05) is 139 Å². The van der Waals surface area contributed by atoms with Crippen LogP contribution in [0.1, 0.15) is 168 Å². The third-order valence-corrected chi connectivity index (χ3v) is 8.51. The molecular formula is C41H71O8P. The van der Waals surface area contributed by atoms with Gasteiger partial charge in [0, 0.05) is 12.8 Å². The summed E-state index contributed by atoms with van der Waals surface area (Å²) in [5, 5.41) is 0. The van der Waals surface area contributed by atoms with E-state index in [1.54, 1.807) is 0 Å². The van der Waals surface area contributed by atoms with Gasteiger partial charge in [-0.05, 0) is 77.0 Å². The van der Waals surface area contributed by atoms with Crippen LogP contribution in [0.25, 0.3) is 0 Å². The second-order valence-electron chi connectivity index (χ2n) is 12.9. The number of phosphoric ester groups is 1. The lowest BCUT2D eigenvalue weighted by Crippen LogP contribution is -2.29. The molecule has 0 aromatic rings. The molecule has 0 radical (unpaired) electrons. The lowest BCUT2D eigenvalue weighted by atomic mass is 10.1. The first-order chi connectivity index (χ1) is 24.3. The van der Waals surface area contributed by atoms with Crippen LogP contribution in [0.15, 0.2) is 60.8 Å². The first-order valence-electron chi connectivity index (χ1n) is 19.6. The van der Waals surface area contributed by atoms with Crippen LogP contribution in [0.5, 0.6) is 0 Å². The zero-order valence-electron chi connectivity index (χ0n) is 31.5. The molecule has 0 fully saturated rings. The van der Waals surface area contributed by atoms with Crippen molar-refractivity contribution < 1.29 is 37.9 Å². The Labute approximate surface area is 305 Å². The third kappa shape index (κ3) is 38.6. The molecule has 0 aliphatic rings. The molecule has 8 nitrogen and oxygen atoms in total. The molecule has 0 aromatic heterocycles. The van der Waals surface area contributed by atoms with Crippen molar-refractivity contribution in [2.24, 2.45) is 0 Å². The summed E-state index contributed by atoms with van der Waals surface area (Å²) in [6.07, 6.45) is 45.1. The number of allylic oxidation sites excluding steroid dienone is 10. The van der Waals surface area contributed by atoms with Crippen LogP contribution < -0.4 is 0 Å². The maximum Gasteiger partial charge on any atom is 0.469 e. The highest BCUT2D eigenvalue weighted by Gasteiger charge is 2.22. The van der Waals surface area contributed by atoms with Crippen molar-refractivity contribution in [1.29, 1.82) is 0 Å². The Kier molecular flexibility index (Phi) is 34.9. The Morgan fingerprint density at radius 3 is 1.44 bits per heavy atom. The molecule has 0 saturated heterocycles. The molecule has 0 aliphatic heterocycles. The second-order valence-corrected chi connectivity index (χ2v) is 14.1. The number of carbonyl (C=O) groups excluding carboxylic acids is 2. The Bertz CT molecular complexity index is 995. The summed E-state index contributed by atoms with van der Waals surface area (Å²) in [7, 11) is -4.76. The van der Waals surface area contributed by atoms with Crippen LogP contribution in [0.3, 0.4) is 0 Å². The first-order valence-corrected chi connectivity index (χ1v) is 21.1. The van der Waals surface area contributed by atoms with Crippen LogP contribution in [-0.4, -0.2) is 41.0 Å². The van der Waals surface area contributed by atoms with E-state index < -0.39 is 32.5 Å². The quantitative estimate of drug-likeness (QED) is 0.0287. The minimum atomic E-state index is -4.76. The van der Waals surface area contributed by atoms with Gasteiger partial charge in [0.05, 0.1) is 6.61 Å². The van der Waals surface area contributed by atoms with Gasteiger partial charge in [-0.2, -0.15) is 0 Å². The van der Waals surface area contributed by atoms with Gasteiger partial charge in [-0.15, -0.1) is 0 Å². The fourth-order valence-corrected chi connectivity index (χ4v) is 5.48. The summed E-state index contributed by atoms with van der Waals surface area (Å²) in [5.41, 5.74) is 0. The molecule has 0 spiro atoms. The van der Waals surface area contributed by atoms with Crippen molar-refractivity contribution >= 4 is 19.8 Å². The Hall–Kier alpha value is -2.25. The Balaban J connectivity index is 4.00.